The van der Waals surface area contributed by atoms with Gasteiger partial charge in [-0.15, -0.1) is 0 Å². The van der Waals surface area contributed by atoms with E-state index in [2.05, 4.69) is 14.9 Å². The van der Waals surface area contributed by atoms with E-state index in [9.17, 15) is 4.39 Å². The molecule has 0 aromatic carbocycles. The average molecular weight is 311 g/mol. The van der Waals surface area contributed by atoms with Crippen molar-refractivity contribution in [1.29, 1.82) is 0 Å². The van der Waals surface area contributed by atoms with Gasteiger partial charge >= 0.3 is 0 Å². The molecule has 0 spiro atoms. The summed E-state index contributed by atoms with van der Waals surface area (Å²) in [7, 11) is 7.25. The second-order valence-electron chi connectivity index (χ2n) is 6.06. The number of rotatable bonds is 7. The fourth-order valence-corrected chi connectivity index (χ4v) is 2.80. The first-order valence-electron chi connectivity index (χ1n) is 7.63. The minimum absolute atomic E-state index is 0.324. The minimum atomic E-state index is -0.395. The van der Waals surface area contributed by atoms with Crippen LogP contribution >= 0.6 is 0 Å². The lowest BCUT2D eigenvalue weighted by Gasteiger charge is -2.23. The Morgan fingerprint density at radius 3 is 2.86 bits per heavy atom. The molecule has 0 radical (unpaired) electrons. The highest BCUT2D eigenvalue weighted by Crippen LogP contribution is 2.20. The maximum atomic E-state index is 13.7. The number of ether oxygens (including phenoxy) is 1. The van der Waals surface area contributed by atoms with E-state index in [0.29, 0.717) is 17.7 Å². The molecule has 2 heterocycles. The van der Waals surface area contributed by atoms with Gasteiger partial charge in [0.05, 0.1) is 12.8 Å². The molecule has 2 rings (SSSR count). The molecule has 0 saturated carbocycles. The number of hydrogen-bond acceptors (Lipinski definition) is 6. The summed E-state index contributed by atoms with van der Waals surface area (Å²) in [6.45, 7) is 4.80. The van der Waals surface area contributed by atoms with E-state index in [1.54, 1.807) is 26.1 Å². The van der Waals surface area contributed by atoms with E-state index in [1.165, 1.54) is 6.20 Å². The first-order valence-corrected chi connectivity index (χ1v) is 7.63. The van der Waals surface area contributed by atoms with Gasteiger partial charge in [0.1, 0.15) is 0 Å². The maximum absolute atomic E-state index is 13.7. The van der Waals surface area contributed by atoms with E-state index in [0.717, 1.165) is 39.2 Å². The quantitative estimate of drug-likeness (QED) is 0.751. The Kier molecular flexibility index (Phi) is 5.90. The van der Waals surface area contributed by atoms with Gasteiger partial charge in [0.25, 0.3) is 0 Å². The van der Waals surface area contributed by atoms with Crippen LogP contribution in [0.25, 0.3) is 0 Å². The van der Waals surface area contributed by atoms with Crippen molar-refractivity contribution < 1.29 is 9.13 Å². The molecule has 0 amide bonds. The highest BCUT2D eigenvalue weighted by atomic mass is 19.1. The largest absolute Gasteiger partial charge is 0.383 e. The van der Waals surface area contributed by atoms with Gasteiger partial charge in [-0.1, -0.05) is 0 Å². The van der Waals surface area contributed by atoms with Crippen LogP contribution in [0.3, 0.4) is 0 Å². The zero-order valence-corrected chi connectivity index (χ0v) is 13.9. The third-order valence-electron chi connectivity index (χ3n) is 3.99. The van der Waals surface area contributed by atoms with Gasteiger partial charge in [-0.2, -0.15) is 4.98 Å². The molecule has 0 aliphatic carbocycles. The highest BCUT2D eigenvalue weighted by Gasteiger charge is 2.24. The van der Waals surface area contributed by atoms with Gasteiger partial charge in [-0.3, -0.25) is 0 Å². The predicted octanol–water partition coefficient (Wildman–Crippen LogP) is 1.09. The van der Waals surface area contributed by atoms with Crippen molar-refractivity contribution in [3.8, 4) is 0 Å². The van der Waals surface area contributed by atoms with E-state index < -0.39 is 5.82 Å². The zero-order valence-electron chi connectivity index (χ0n) is 13.9. The van der Waals surface area contributed by atoms with Crippen molar-refractivity contribution in [2.24, 2.45) is 5.92 Å². The molecular weight excluding hydrogens is 285 g/mol. The Balaban J connectivity index is 1.92. The molecule has 1 aliphatic heterocycles. The van der Waals surface area contributed by atoms with Gasteiger partial charge in [-0.05, 0) is 18.9 Å². The van der Waals surface area contributed by atoms with Crippen LogP contribution in [0.15, 0.2) is 6.20 Å². The SMILES string of the molecule is COCCN1CC[C@@H](CN(C)c2ncc(F)c(N(C)C)n2)C1. The lowest BCUT2D eigenvalue weighted by molar-refractivity contribution is 0.159. The monoisotopic (exact) mass is 311 g/mol. The highest BCUT2D eigenvalue weighted by molar-refractivity contribution is 5.43. The van der Waals surface area contributed by atoms with Crippen molar-refractivity contribution in [1.82, 2.24) is 14.9 Å². The lowest BCUT2D eigenvalue weighted by atomic mass is 10.1. The Hall–Kier alpha value is -1.47. The van der Waals surface area contributed by atoms with E-state index in [-0.39, 0.29) is 0 Å². The zero-order chi connectivity index (χ0) is 16.1. The summed E-state index contributed by atoms with van der Waals surface area (Å²) < 4.78 is 18.8. The minimum Gasteiger partial charge on any atom is -0.383 e. The fourth-order valence-electron chi connectivity index (χ4n) is 2.80. The van der Waals surface area contributed by atoms with Crippen molar-refractivity contribution in [3.63, 3.8) is 0 Å². The normalized spacial score (nSPS) is 18.7. The van der Waals surface area contributed by atoms with E-state index in [1.807, 2.05) is 11.9 Å². The molecule has 0 N–H and O–H groups in total. The Morgan fingerprint density at radius 2 is 2.18 bits per heavy atom. The summed E-state index contributed by atoms with van der Waals surface area (Å²) in [5, 5.41) is 0. The number of likely N-dealkylation sites (tertiary alicyclic amines) is 1. The summed E-state index contributed by atoms with van der Waals surface area (Å²) in [5.41, 5.74) is 0. The molecule has 1 fully saturated rings. The fraction of sp³-hybridized carbons (Fsp3) is 0.733. The van der Waals surface area contributed by atoms with Crippen LogP contribution in [0.5, 0.6) is 0 Å². The summed E-state index contributed by atoms with van der Waals surface area (Å²) in [5.74, 6) is 1.08. The smallest absolute Gasteiger partial charge is 0.227 e. The van der Waals surface area contributed by atoms with Gasteiger partial charge in [0.2, 0.25) is 5.95 Å². The topological polar surface area (TPSA) is 44.7 Å². The molecule has 7 heteroatoms. The van der Waals surface area contributed by atoms with Gasteiger partial charge in [-0.25, -0.2) is 9.37 Å². The van der Waals surface area contributed by atoms with Crippen molar-refractivity contribution in [2.45, 2.75) is 6.42 Å². The lowest BCUT2D eigenvalue weighted by Crippen LogP contribution is -2.30. The number of hydrogen-bond donors (Lipinski definition) is 0. The molecule has 1 aromatic heterocycles. The van der Waals surface area contributed by atoms with Gasteiger partial charge in [0, 0.05) is 47.9 Å². The van der Waals surface area contributed by atoms with Crippen LogP contribution in [0.4, 0.5) is 16.2 Å². The predicted molar refractivity (Wildman–Crippen MR) is 86.0 cm³/mol. The van der Waals surface area contributed by atoms with Crippen molar-refractivity contribution in [3.05, 3.63) is 12.0 Å². The van der Waals surface area contributed by atoms with Crippen LogP contribution in [0.1, 0.15) is 6.42 Å². The molecule has 22 heavy (non-hydrogen) atoms. The Bertz CT molecular complexity index is 485. The second kappa shape index (κ2) is 7.69. The molecule has 1 aliphatic rings. The van der Waals surface area contributed by atoms with Crippen molar-refractivity contribution in [2.75, 3.05) is 70.8 Å². The Labute approximate surface area is 131 Å². The van der Waals surface area contributed by atoms with E-state index in [4.69, 9.17) is 4.74 Å². The summed E-state index contributed by atoms with van der Waals surface area (Å²) in [6.07, 6.45) is 2.41. The molecule has 1 atom stereocenters. The van der Waals surface area contributed by atoms with Crippen molar-refractivity contribution >= 4 is 11.8 Å². The van der Waals surface area contributed by atoms with Crippen LogP contribution in [0, 0.1) is 11.7 Å². The first-order chi connectivity index (χ1) is 10.5. The summed E-state index contributed by atoms with van der Waals surface area (Å²) in [4.78, 5) is 14.5. The molecule has 0 bridgehead atoms. The average Bonchev–Trinajstić information content (AvgIpc) is 2.92. The number of anilines is 2. The summed E-state index contributed by atoms with van der Waals surface area (Å²) in [6, 6.07) is 0. The maximum Gasteiger partial charge on any atom is 0.227 e. The van der Waals surface area contributed by atoms with Gasteiger partial charge < -0.3 is 19.4 Å². The third kappa shape index (κ3) is 4.27. The van der Waals surface area contributed by atoms with Crippen LogP contribution < -0.4 is 9.80 Å². The van der Waals surface area contributed by atoms with Crippen LogP contribution in [-0.4, -0.2) is 75.9 Å². The van der Waals surface area contributed by atoms with Crippen LogP contribution in [0.2, 0.25) is 0 Å². The number of aromatic nitrogens is 2. The first kappa shape index (κ1) is 16.9. The molecule has 1 aromatic rings. The summed E-state index contributed by atoms with van der Waals surface area (Å²) >= 11 is 0. The standard InChI is InChI=1S/C15H26FN5O/c1-19(2)14-13(16)9-17-15(18-14)20(3)10-12-5-6-21(11-12)7-8-22-4/h9,12H,5-8,10-11H2,1-4H3/t12-/m0/s1. The number of methoxy groups -OCH3 is 1. The molecule has 6 nitrogen and oxygen atoms in total. The molecule has 124 valence electrons. The molecule has 0 unspecified atom stereocenters. The second-order valence-corrected chi connectivity index (χ2v) is 6.06. The molecule has 1 saturated heterocycles. The number of nitrogens with zero attached hydrogens (tertiary/aromatic N) is 5. The van der Waals surface area contributed by atoms with E-state index >= 15 is 0 Å². The van der Waals surface area contributed by atoms with Crippen LogP contribution in [-0.2, 0) is 4.74 Å². The number of halogens is 1. The molecular formula is C15H26FN5O. The third-order valence-corrected chi connectivity index (χ3v) is 3.99. The van der Waals surface area contributed by atoms with Gasteiger partial charge in [0.15, 0.2) is 11.6 Å². The Morgan fingerprint density at radius 1 is 1.41 bits per heavy atom.